The predicted octanol–water partition coefficient (Wildman–Crippen LogP) is 4.31. The fourth-order valence-corrected chi connectivity index (χ4v) is 4.42. The van der Waals surface area contributed by atoms with E-state index in [1.807, 2.05) is 0 Å². The minimum atomic E-state index is 0.0183. The highest BCUT2D eigenvalue weighted by Gasteiger charge is 2.20. The van der Waals surface area contributed by atoms with E-state index >= 15 is 0 Å². The Morgan fingerprint density at radius 2 is 2.18 bits per heavy atom. The van der Waals surface area contributed by atoms with Gasteiger partial charge in [0.2, 0.25) is 5.91 Å². The number of thioether (sulfide) groups is 1. The van der Waals surface area contributed by atoms with Gasteiger partial charge in [0.15, 0.2) is 5.13 Å². The second-order valence-corrected chi connectivity index (χ2v) is 8.02. The van der Waals surface area contributed by atoms with Crippen LogP contribution in [0.15, 0.2) is 29.2 Å². The summed E-state index contributed by atoms with van der Waals surface area (Å²) in [5, 5.41) is 3.70. The van der Waals surface area contributed by atoms with Crippen LogP contribution in [0.2, 0.25) is 0 Å². The molecule has 1 aromatic heterocycles. The summed E-state index contributed by atoms with van der Waals surface area (Å²) in [6, 6.07) is 8.24. The molecule has 0 spiro atoms. The van der Waals surface area contributed by atoms with Gasteiger partial charge in [-0.05, 0) is 44.2 Å². The van der Waals surface area contributed by atoms with E-state index < -0.39 is 0 Å². The average Bonchev–Trinajstić information content (AvgIpc) is 2.88. The van der Waals surface area contributed by atoms with Crippen LogP contribution in [0.4, 0.5) is 5.13 Å². The van der Waals surface area contributed by atoms with Crippen molar-refractivity contribution < 1.29 is 4.79 Å². The maximum atomic E-state index is 12.1. The van der Waals surface area contributed by atoms with Gasteiger partial charge >= 0.3 is 0 Å². The van der Waals surface area contributed by atoms with Crippen molar-refractivity contribution >= 4 is 34.1 Å². The highest BCUT2D eigenvalue weighted by atomic mass is 32.2. The number of nitrogens with one attached hydrogen (secondary N) is 1. The fourth-order valence-electron chi connectivity index (χ4n) is 2.53. The minimum absolute atomic E-state index is 0.0183. The number of thiazole rings is 1. The Labute approximate surface area is 139 Å². The fraction of sp³-hybridized carbons (Fsp3) is 0.412. The van der Waals surface area contributed by atoms with Crippen molar-refractivity contribution in [3.8, 4) is 0 Å². The van der Waals surface area contributed by atoms with E-state index in [1.165, 1.54) is 22.6 Å². The molecular weight excluding hydrogens is 312 g/mol. The number of carbonyl (C=O) groups excluding carboxylic acids is 1. The number of aromatic nitrogens is 1. The lowest BCUT2D eigenvalue weighted by molar-refractivity contribution is -0.113. The first kappa shape index (κ1) is 15.6. The Kier molecular flexibility index (Phi) is 4.84. The van der Waals surface area contributed by atoms with Crippen LogP contribution in [0.1, 0.15) is 29.5 Å². The van der Waals surface area contributed by atoms with Crippen molar-refractivity contribution in [2.24, 2.45) is 5.92 Å². The molecule has 0 unspecified atom stereocenters. The Bertz CT molecular complexity index is 664. The third-order valence-corrected chi connectivity index (χ3v) is 5.87. The van der Waals surface area contributed by atoms with Gasteiger partial charge in [0, 0.05) is 9.77 Å². The summed E-state index contributed by atoms with van der Waals surface area (Å²) in [6.45, 7) is 4.34. The number of amides is 1. The van der Waals surface area contributed by atoms with Gasteiger partial charge in [-0.25, -0.2) is 4.98 Å². The van der Waals surface area contributed by atoms with Crippen molar-refractivity contribution in [1.82, 2.24) is 4.98 Å². The summed E-state index contributed by atoms with van der Waals surface area (Å²) in [6.07, 6.45) is 3.34. The van der Waals surface area contributed by atoms with Crippen LogP contribution >= 0.6 is 23.1 Å². The third kappa shape index (κ3) is 3.90. The number of carbonyl (C=O) groups is 1. The van der Waals surface area contributed by atoms with Crippen LogP contribution in [-0.4, -0.2) is 16.6 Å². The maximum Gasteiger partial charge on any atom is 0.236 e. The van der Waals surface area contributed by atoms with Crippen LogP contribution in [0.5, 0.6) is 0 Å². The average molecular weight is 332 g/mol. The summed E-state index contributed by atoms with van der Waals surface area (Å²) in [7, 11) is 0. The molecule has 1 aromatic carbocycles. The smallest absolute Gasteiger partial charge is 0.236 e. The molecule has 1 heterocycles. The zero-order valence-corrected chi connectivity index (χ0v) is 14.5. The Morgan fingerprint density at radius 1 is 1.41 bits per heavy atom. The molecule has 3 rings (SSSR count). The Hall–Kier alpha value is -1.33. The van der Waals surface area contributed by atoms with Gasteiger partial charge in [-0.3, -0.25) is 4.79 Å². The maximum absolute atomic E-state index is 12.1. The number of aryl methyl sites for hydroxylation is 2. The van der Waals surface area contributed by atoms with Crippen LogP contribution in [0.3, 0.4) is 0 Å². The van der Waals surface area contributed by atoms with Gasteiger partial charge in [-0.1, -0.05) is 24.6 Å². The lowest BCUT2D eigenvalue weighted by Crippen LogP contribution is -2.14. The molecule has 1 aliphatic carbocycles. The SMILES string of the molecule is Cc1ccc(SCC(=O)Nc2nc3c(s2)C[C@@H](C)CC3)cc1. The zero-order chi connectivity index (χ0) is 15.5. The topological polar surface area (TPSA) is 42.0 Å². The van der Waals surface area contributed by atoms with Crippen molar-refractivity contribution in [1.29, 1.82) is 0 Å². The number of rotatable bonds is 4. The summed E-state index contributed by atoms with van der Waals surface area (Å²) in [4.78, 5) is 19.1. The number of hydrogen-bond acceptors (Lipinski definition) is 4. The van der Waals surface area contributed by atoms with E-state index in [2.05, 4.69) is 48.4 Å². The molecule has 3 nitrogen and oxygen atoms in total. The largest absolute Gasteiger partial charge is 0.301 e. The molecule has 0 aliphatic heterocycles. The molecule has 2 aromatic rings. The predicted molar refractivity (Wildman–Crippen MR) is 93.8 cm³/mol. The van der Waals surface area contributed by atoms with Crippen molar-refractivity contribution in [3.63, 3.8) is 0 Å². The van der Waals surface area contributed by atoms with Gasteiger partial charge in [-0.2, -0.15) is 0 Å². The summed E-state index contributed by atoms with van der Waals surface area (Å²) in [5.41, 5.74) is 2.42. The highest BCUT2D eigenvalue weighted by Crippen LogP contribution is 2.32. The molecule has 5 heteroatoms. The molecule has 0 fully saturated rings. The quantitative estimate of drug-likeness (QED) is 0.849. The van der Waals surface area contributed by atoms with Crippen LogP contribution in [-0.2, 0) is 17.6 Å². The molecule has 0 radical (unpaired) electrons. The minimum Gasteiger partial charge on any atom is -0.301 e. The van der Waals surface area contributed by atoms with E-state index in [0.717, 1.165) is 28.8 Å². The first-order chi connectivity index (χ1) is 10.6. The lowest BCUT2D eigenvalue weighted by Gasteiger charge is -2.15. The Morgan fingerprint density at radius 3 is 2.95 bits per heavy atom. The first-order valence-corrected chi connectivity index (χ1v) is 9.38. The van der Waals surface area contributed by atoms with E-state index in [1.54, 1.807) is 23.1 Å². The summed E-state index contributed by atoms with van der Waals surface area (Å²) in [5.74, 6) is 1.17. The first-order valence-electron chi connectivity index (χ1n) is 7.58. The number of benzene rings is 1. The summed E-state index contributed by atoms with van der Waals surface area (Å²) >= 11 is 3.20. The molecule has 1 atom stereocenters. The van der Waals surface area contributed by atoms with Crippen LogP contribution < -0.4 is 5.32 Å². The number of anilines is 1. The molecule has 22 heavy (non-hydrogen) atoms. The second kappa shape index (κ2) is 6.84. The molecule has 1 N–H and O–H groups in total. The van der Waals surface area contributed by atoms with Crippen LogP contribution in [0.25, 0.3) is 0 Å². The molecular formula is C17H20N2OS2. The molecule has 0 saturated heterocycles. The molecule has 0 bridgehead atoms. The second-order valence-electron chi connectivity index (χ2n) is 5.89. The van der Waals surface area contributed by atoms with Crippen LogP contribution in [0, 0.1) is 12.8 Å². The van der Waals surface area contributed by atoms with Gasteiger partial charge in [0.1, 0.15) is 0 Å². The van der Waals surface area contributed by atoms with Gasteiger partial charge in [-0.15, -0.1) is 23.1 Å². The summed E-state index contributed by atoms with van der Waals surface area (Å²) < 4.78 is 0. The molecule has 116 valence electrons. The van der Waals surface area contributed by atoms with E-state index in [9.17, 15) is 4.79 Å². The number of nitrogens with zero attached hydrogens (tertiary/aromatic N) is 1. The van der Waals surface area contributed by atoms with E-state index in [0.29, 0.717) is 5.75 Å². The van der Waals surface area contributed by atoms with E-state index in [4.69, 9.17) is 0 Å². The zero-order valence-electron chi connectivity index (χ0n) is 12.9. The highest BCUT2D eigenvalue weighted by molar-refractivity contribution is 8.00. The Balaban J connectivity index is 1.54. The number of hydrogen-bond donors (Lipinski definition) is 1. The molecule has 0 saturated carbocycles. The van der Waals surface area contributed by atoms with Crippen molar-refractivity contribution in [3.05, 3.63) is 40.4 Å². The van der Waals surface area contributed by atoms with Crippen molar-refractivity contribution in [2.75, 3.05) is 11.1 Å². The standard InChI is InChI=1S/C17H20N2OS2/c1-11-3-6-13(7-4-11)21-10-16(20)19-17-18-14-8-5-12(2)9-15(14)22-17/h3-4,6-7,12H,5,8-10H2,1-2H3,(H,18,19,20)/t12-/m0/s1. The van der Waals surface area contributed by atoms with E-state index in [-0.39, 0.29) is 5.91 Å². The van der Waals surface area contributed by atoms with Crippen molar-refractivity contribution in [2.45, 2.75) is 38.0 Å². The number of fused-ring (bicyclic) bond motifs is 1. The van der Waals surface area contributed by atoms with Gasteiger partial charge in [0.05, 0.1) is 11.4 Å². The lowest BCUT2D eigenvalue weighted by atomic mass is 9.93. The third-order valence-electron chi connectivity index (χ3n) is 3.82. The monoisotopic (exact) mass is 332 g/mol. The molecule has 1 amide bonds. The molecule has 1 aliphatic rings. The normalized spacial score (nSPS) is 17.1. The van der Waals surface area contributed by atoms with Gasteiger partial charge in [0.25, 0.3) is 0 Å². The van der Waals surface area contributed by atoms with Gasteiger partial charge < -0.3 is 5.32 Å².